The maximum Gasteiger partial charge on any atom is 0.279 e. The number of hydrogen-bond donors (Lipinski definition) is 2. The van der Waals surface area contributed by atoms with Gasteiger partial charge in [0, 0.05) is 37.9 Å². The molecule has 1 saturated carbocycles. The van der Waals surface area contributed by atoms with Gasteiger partial charge in [-0.2, -0.15) is 17.4 Å². The molecule has 0 bridgehead atoms. The van der Waals surface area contributed by atoms with Crippen LogP contribution in [-0.2, 0) is 23.2 Å². The van der Waals surface area contributed by atoms with Gasteiger partial charge in [0.05, 0.1) is 6.10 Å². The second-order valence-corrected chi connectivity index (χ2v) is 8.69. The van der Waals surface area contributed by atoms with Crippen molar-refractivity contribution in [3.63, 3.8) is 0 Å². The average Bonchev–Trinajstić information content (AvgIpc) is 2.60. The topological polar surface area (TPSA) is 82.5 Å². The van der Waals surface area contributed by atoms with Crippen LogP contribution < -0.4 is 4.72 Å². The molecule has 1 aromatic heterocycles. The Labute approximate surface area is 155 Å². The summed E-state index contributed by atoms with van der Waals surface area (Å²) in [7, 11) is -2.07. The number of nitrogens with one attached hydrogen (secondary N) is 1. The summed E-state index contributed by atoms with van der Waals surface area (Å²) in [4.78, 5) is 4.31. The van der Waals surface area contributed by atoms with Crippen LogP contribution in [0.1, 0.15) is 24.1 Å². The molecule has 1 aliphatic carbocycles. The predicted octanol–water partition coefficient (Wildman–Crippen LogP) is 1.73. The smallest absolute Gasteiger partial charge is 0.279 e. The van der Waals surface area contributed by atoms with Crippen LogP contribution >= 0.6 is 0 Å². The van der Waals surface area contributed by atoms with Gasteiger partial charge in [-0.05, 0) is 36.5 Å². The molecule has 0 unspecified atom stereocenters. The minimum absolute atomic E-state index is 0.118. The van der Waals surface area contributed by atoms with Gasteiger partial charge in [0.25, 0.3) is 10.2 Å². The fourth-order valence-corrected chi connectivity index (χ4v) is 4.37. The molecule has 7 heteroatoms. The van der Waals surface area contributed by atoms with Crippen LogP contribution in [0.3, 0.4) is 0 Å². The monoisotopic (exact) mass is 375 g/mol. The van der Waals surface area contributed by atoms with Gasteiger partial charge in [0.2, 0.25) is 0 Å². The lowest BCUT2D eigenvalue weighted by Crippen LogP contribution is -2.51. The van der Waals surface area contributed by atoms with Crippen molar-refractivity contribution in [2.45, 2.75) is 38.0 Å². The first-order valence-corrected chi connectivity index (χ1v) is 10.2. The summed E-state index contributed by atoms with van der Waals surface area (Å²) in [6.45, 7) is 0.305. The van der Waals surface area contributed by atoms with Crippen LogP contribution in [0.15, 0.2) is 54.7 Å². The van der Waals surface area contributed by atoms with E-state index in [9.17, 15) is 13.5 Å². The summed E-state index contributed by atoms with van der Waals surface area (Å²) in [5.74, 6) is 0.118. The molecule has 3 rings (SSSR count). The largest absolute Gasteiger partial charge is 0.393 e. The standard InChI is InChI=1S/C19H25N3O3S/c1-22(14-15-7-3-2-4-8-15)26(24,25)21-19(16-11-18(23)12-16)13-17-9-5-6-10-20-17/h2-10,16,18-19,21,23H,11-14H2,1H3/t16?,18?,19-/m0/s1. The van der Waals surface area contributed by atoms with Crippen LogP contribution in [0.5, 0.6) is 0 Å². The molecule has 26 heavy (non-hydrogen) atoms. The highest BCUT2D eigenvalue weighted by molar-refractivity contribution is 7.87. The zero-order valence-corrected chi connectivity index (χ0v) is 15.6. The Kier molecular flexibility index (Phi) is 6.03. The van der Waals surface area contributed by atoms with Crippen LogP contribution in [0, 0.1) is 5.92 Å². The van der Waals surface area contributed by atoms with E-state index in [0.29, 0.717) is 25.8 Å². The van der Waals surface area contributed by atoms with E-state index in [1.165, 1.54) is 4.31 Å². The van der Waals surface area contributed by atoms with Gasteiger partial charge in [-0.15, -0.1) is 0 Å². The summed E-state index contributed by atoms with van der Waals surface area (Å²) in [6, 6.07) is 14.8. The molecule has 2 N–H and O–H groups in total. The molecule has 1 heterocycles. The molecule has 0 saturated heterocycles. The average molecular weight is 375 g/mol. The second kappa shape index (κ2) is 8.26. The number of benzene rings is 1. The minimum atomic E-state index is -3.64. The molecule has 0 aliphatic heterocycles. The first-order valence-electron chi connectivity index (χ1n) is 8.79. The van der Waals surface area contributed by atoms with Gasteiger partial charge in [0.15, 0.2) is 0 Å². The summed E-state index contributed by atoms with van der Waals surface area (Å²) < 4.78 is 29.7. The third-order valence-electron chi connectivity index (χ3n) is 4.83. The molecule has 1 atom stereocenters. The first kappa shape index (κ1) is 19.0. The van der Waals surface area contributed by atoms with Gasteiger partial charge in [-0.3, -0.25) is 4.98 Å². The third kappa shape index (κ3) is 4.88. The van der Waals surface area contributed by atoms with Crippen LogP contribution in [0.2, 0.25) is 0 Å². The molecule has 0 spiro atoms. The Hall–Kier alpha value is -1.80. The molecule has 140 valence electrons. The molecular weight excluding hydrogens is 350 g/mol. The molecule has 1 aliphatic rings. The maximum absolute atomic E-state index is 12.8. The number of aliphatic hydroxyl groups excluding tert-OH is 1. The fourth-order valence-electron chi connectivity index (χ4n) is 3.21. The van der Waals surface area contributed by atoms with Crippen LogP contribution in [0.4, 0.5) is 0 Å². The van der Waals surface area contributed by atoms with E-state index in [-0.39, 0.29) is 18.1 Å². The van der Waals surface area contributed by atoms with Gasteiger partial charge in [0.1, 0.15) is 0 Å². The van der Waals surface area contributed by atoms with Crippen molar-refractivity contribution >= 4 is 10.2 Å². The molecule has 1 aromatic carbocycles. The van der Waals surface area contributed by atoms with Crippen molar-refractivity contribution in [1.82, 2.24) is 14.0 Å². The molecular formula is C19H25N3O3S. The van der Waals surface area contributed by atoms with Crippen molar-refractivity contribution < 1.29 is 13.5 Å². The number of rotatable bonds is 8. The maximum atomic E-state index is 12.8. The third-order valence-corrected chi connectivity index (χ3v) is 6.38. The lowest BCUT2D eigenvalue weighted by molar-refractivity contribution is 0.0279. The van der Waals surface area contributed by atoms with Crippen LogP contribution in [0.25, 0.3) is 0 Å². The van der Waals surface area contributed by atoms with Crippen LogP contribution in [-0.4, -0.2) is 42.0 Å². The van der Waals surface area contributed by atoms with Crippen molar-refractivity contribution in [2.75, 3.05) is 7.05 Å². The number of nitrogens with zero attached hydrogens (tertiary/aromatic N) is 2. The number of hydrogen-bond acceptors (Lipinski definition) is 4. The Morgan fingerprint density at radius 3 is 2.50 bits per heavy atom. The van der Waals surface area contributed by atoms with Crippen molar-refractivity contribution in [3.05, 3.63) is 66.0 Å². The number of aliphatic hydroxyl groups is 1. The predicted molar refractivity (Wildman–Crippen MR) is 100 cm³/mol. The van der Waals surface area contributed by atoms with Crippen molar-refractivity contribution in [1.29, 1.82) is 0 Å². The van der Waals surface area contributed by atoms with E-state index >= 15 is 0 Å². The first-order chi connectivity index (χ1) is 12.4. The summed E-state index contributed by atoms with van der Waals surface area (Å²) in [5.41, 5.74) is 1.77. The minimum Gasteiger partial charge on any atom is -0.393 e. The highest BCUT2D eigenvalue weighted by atomic mass is 32.2. The second-order valence-electron chi connectivity index (χ2n) is 6.88. The fraction of sp³-hybridized carbons (Fsp3) is 0.421. The zero-order chi connectivity index (χ0) is 18.6. The van der Waals surface area contributed by atoms with Gasteiger partial charge in [-0.1, -0.05) is 36.4 Å². The van der Waals surface area contributed by atoms with Gasteiger partial charge < -0.3 is 5.11 Å². The highest BCUT2D eigenvalue weighted by Crippen LogP contribution is 2.32. The SMILES string of the molecule is CN(Cc1ccccc1)S(=O)(=O)N[C@@H](Cc1ccccn1)C1CC(O)C1. The van der Waals surface area contributed by atoms with Crippen molar-refractivity contribution in [3.8, 4) is 0 Å². The van der Waals surface area contributed by atoms with E-state index in [1.54, 1.807) is 13.2 Å². The molecule has 0 radical (unpaired) electrons. The Bertz CT molecular complexity index is 793. The zero-order valence-electron chi connectivity index (χ0n) is 14.8. The lowest BCUT2D eigenvalue weighted by atomic mass is 9.76. The van der Waals surface area contributed by atoms with E-state index in [4.69, 9.17) is 0 Å². The van der Waals surface area contributed by atoms with E-state index in [1.807, 2.05) is 48.5 Å². The molecule has 1 fully saturated rings. The van der Waals surface area contributed by atoms with E-state index in [0.717, 1.165) is 11.3 Å². The highest BCUT2D eigenvalue weighted by Gasteiger charge is 2.37. The van der Waals surface area contributed by atoms with Crippen molar-refractivity contribution in [2.24, 2.45) is 5.92 Å². The Balaban J connectivity index is 1.70. The van der Waals surface area contributed by atoms with E-state index in [2.05, 4.69) is 9.71 Å². The van der Waals surface area contributed by atoms with Gasteiger partial charge >= 0.3 is 0 Å². The molecule has 0 amide bonds. The van der Waals surface area contributed by atoms with E-state index < -0.39 is 10.2 Å². The molecule has 6 nitrogen and oxygen atoms in total. The quantitative estimate of drug-likeness (QED) is 0.736. The normalized spacial score (nSPS) is 21.3. The summed E-state index contributed by atoms with van der Waals surface area (Å²) in [6.07, 6.45) is 3.11. The summed E-state index contributed by atoms with van der Waals surface area (Å²) in [5, 5.41) is 9.63. The Morgan fingerprint density at radius 1 is 1.19 bits per heavy atom. The number of pyridine rings is 1. The lowest BCUT2D eigenvalue weighted by Gasteiger charge is -2.38. The summed E-state index contributed by atoms with van der Waals surface area (Å²) >= 11 is 0. The Morgan fingerprint density at radius 2 is 1.88 bits per heavy atom. The number of aromatic nitrogens is 1. The molecule has 2 aromatic rings. The van der Waals surface area contributed by atoms with Gasteiger partial charge in [-0.25, -0.2) is 0 Å².